The number of urea groups is 1. The first-order valence-corrected chi connectivity index (χ1v) is 11.4. The molecule has 4 N–H and O–H groups in total. The number of hydrogen-bond acceptors (Lipinski definition) is 6. The Balaban J connectivity index is 1.69. The zero-order chi connectivity index (χ0) is 27.2. The number of hydrazine groups is 1. The molecular formula is C25H24F2N6O5. The molecule has 4 rings (SSSR count). The number of amides is 4. The zero-order valence-electron chi connectivity index (χ0n) is 20.2. The van der Waals surface area contributed by atoms with Gasteiger partial charge in [-0.1, -0.05) is 0 Å². The van der Waals surface area contributed by atoms with Crippen LogP contribution < -0.4 is 25.9 Å². The Morgan fingerprint density at radius 3 is 2.61 bits per heavy atom. The number of rotatable bonds is 8. The van der Waals surface area contributed by atoms with E-state index in [1.807, 2.05) is 0 Å². The van der Waals surface area contributed by atoms with Crippen LogP contribution in [-0.2, 0) is 0 Å². The molecule has 0 saturated carbocycles. The van der Waals surface area contributed by atoms with Crippen LogP contribution in [0.3, 0.4) is 0 Å². The van der Waals surface area contributed by atoms with Crippen LogP contribution in [0.15, 0.2) is 54.9 Å². The van der Waals surface area contributed by atoms with E-state index in [9.17, 15) is 23.2 Å². The van der Waals surface area contributed by atoms with Crippen LogP contribution in [0.2, 0.25) is 0 Å². The molecule has 0 radical (unpaired) electrons. The monoisotopic (exact) mass is 526 g/mol. The van der Waals surface area contributed by atoms with Crippen LogP contribution >= 0.6 is 0 Å². The minimum atomic E-state index is -1.03. The fourth-order valence-electron chi connectivity index (χ4n) is 3.87. The summed E-state index contributed by atoms with van der Waals surface area (Å²) in [6.45, 7) is -2.10. The standard InChI is InChI=1S/C25H24F2N6O5/c1-37-22-14-19-17(13-18(22)23(34)33(11-7-27)31-24(28)35)21(4-8-29-19)38-16-2-3-20-15(12-16)5-10-32(20)25(36)30-9-6-26/h2-5,8,10,12-14H,6-7,9,11H2,1H3,(H,30,36)(H3,28,31,35). The van der Waals surface area contributed by atoms with Gasteiger partial charge in [-0.25, -0.2) is 28.8 Å². The summed E-state index contributed by atoms with van der Waals surface area (Å²) < 4.78 is 38.2. The van der Waals surface area contributed by atoms with Gasteiger partial charge in [0, 0.05) is 35.8 Å². The fraction of sp³-hybridized carbons (Fsp3) is 0.200. The van der Waals surface area contributed by atoms with Gasteiger partial charge in [-0.05, 0) is 36.4 Å². The van der Waals surface area contributed by atoms with Gasteiger partial charge in [-0.2, -0.15) is 0 Å². The Labute approximate surface area is 215 Å². The van der Waals surface area contributed by atoms with E-state index >= 15 is 0 Å². The van der Waals surface area contributed by atoms with Crippen LogP contribution in [0.1, 0.15) is 10.4 Å². The van der Waals surface area contributed by atoms with Gasteiger partial charge in [0.1, 0.15) is 30.6 Å². The third kappa shape index (κ3) is 5.40. The molecule has 198 valence electrons. The van der Waals surface area contributed by atoms with E-state index in [1.54, 1.807) is 36.5 Å². The molecule has 0 spiro atoms. The molecule has 2 heterocycles. The van der Waals surface area contributed by atoms with Gasteiger partial charge in [-0.15, -0.1) is 0 Å². The maximum absolute atomic E-state index is 13.1. The van der Waals surface area contributed by atoms with Crippen molar-refractivity contribution in [2.45, 2.75) is 0 Å². The third-order valence-electron chi connectivity index (χ3n) is 5.53. The van der Waals surface area contributed by atoms with E-state index < -0.39 is 37.9 Å². The van der Waals surface area contributed by atoms with Crippen molar-refractivity contribution in [3.8, 4) is 17.2 Å². The van der Waals surface area contributed by atoms with Crippen molar-refractivity contribution in [2.75, 3.05) is 33.5 Å². The van der Waals surface area contributed by atoms with E-state index in [0.29, 0.717) is 33.3 Å². The molecule has 0 unspecified atom stereocenters. The van der Waals surface area contributed by atoms with Crippen LogP contribution in [0.5, 0.6) is 17.2 Å². The Bertz CT molecular complexity index is 1510. The summed E-state index contributed by atoms with van der Waals surface area (Å²) >= 11 is 0. The maximum Gasteiger partial charge on any atom is 0.331 e. The Hall–Kier alpha value is -4.94. The second kappa shape index (κ2) is 11.4. The first-order chi connectivity index (χ1) is 18.4. The highest BCUT2D eigenvalue weighted by atomic mass is 19.1. The topological polar surface area (TPSA) is 141 Å². The van der Waals surface area contributed by atoms with Gasteiger partial charge < -0.3 is 20.5 Å². The average molecular weight is 527 g/mol. The SMILES string of the molecule is COc1cc2nccc(Oc3ccc4c(ccn4C(=O)NCCF)c3)c2cc1C(=O)N(CCF)NC(N)=O. The molecule has 38 heavy (non-hydrogen) atoms. The summed E-state index contributed by atoms with van der Waals surface area (Å²) in [5.74, 6) is 0.191. The molecule has 13 heteroatoms. The Kier molecular flexibility index (Phi) is 7.85. The molecule has 0 fully saturated rings. The number of nitrogens with two attached hydrogens (primary N) is 1. The quantitative estimate of drug-likeness (QED) is 0.300. The number of carbonyl (C=O) groups is 3. The zero-order valence-corrected chi connectivity index (χ0v) is 20.2. The molecule has 0 atom stereocenters. The van der Waals surface area contributed by atoms with Crippen molar-refractivity contribution >= 4 is 39.8 Å². The second-order valence-corrected chi connectivity index (χ2v) is 7.93. The molecule has 0 aliphatic carbocycles. The molecular weight excluding hydrogens is 502 g/mol. The number of aromatic nitrogens is 2. The smallest absolute Gasteiger partial charge is 0.331 e. The number of benzene rings is 2. The predicted molar refractivity (Wildman–Crippen MR) is 135 cm³/mol. The van der Waals surface area contributed by atoms with Crippen molar-refractivity contribution in [1.82, 2.24) is 25.3 Å². The van der Waals surface area contributed by atoms with Crippen molar-refractivity contribution in [1.29, 1.82) is 0 Å². The number of carbonyl (C=O) groups excluding carboxylic acids is 3. The van der Waals surface area contributed by atoms with E-state index in [1.165, 1.54) is 30.0 Å². The highest BCUT2D eigenvalue weighted by Gasteiger charge is 2.23. The molecule has 0 aliphatic rings. The van der Waals surface area contributed by atoms with Gasteiger partial charge >= 0.3 is 12.1 Å². The molecule has 0 aliphatic heterocycles. The minimum Gasteiger partial charge on any atom is -0.496 e. The summed E-state index contributed by atoms with van der Waals surface area (Å²) in [5, 5.41) is 4.37. The van der Waals surface area contributed by atoms with Gasteiger partial charge in [0.2, 0.25) is 0 Å². The number of halogens is 2. The van der Waals surface area contributed by atoms with E-state index in [4.69, 9.17) is 15.2 Å². The van der Waals surface area contributed by atoms with Crippen molar-refractivity contribution < 1.29 is 32.6 Å². The number of nitrogens with zero attached hydrogens (tertiary/aromatic N) is 3. The van der Waals surface area contributed by atoms with Crippen LogP contribution in [0.4, 0.5) is 18.4 Å². The summed E-state index contributed by atoms with van der Waals surface area (Å²) in [6.07, 6.45) is 3.09. The van der Waals surface area contributed by atoms with Gasteiger partial charge in [-0.3, -0.25) is 14.3 Å². The number of nitrogens with one attached hydrogen (secondary N) is 2. The van der Waals surface area contributed by atoms with E-state index in [0.717, 1.165) is 5.01 Å². The third-order valence-corrected chi connectivity index (χ3v) is 5.53. The summed E-state index contributed by atoms with van der Waals surface area (Å²) in [5.41, 5.74) is 8.30. The van der Waals surface area contributed by atoms with Crippen molar-refractivity contribution in [3.05, 3.63) is 60.4 Å². The normalized spacial score (nSPS) is 10.8. The second-order valence-electron chi connectivity index (χ2n) is 7.93. The lowest BCUT2D eigenvalue weighted by Gasteiger charge is -2.22. The number of alkyl halides is 2. The molecule has 2 aromatic carbocycles. The Morgan fingerprint density at radius 1 is 1.08 bits per heavy atom. The fourth-order valence-corrected chi connectivity index (χ4v) is 3.87. The maximum atomic E-state index is 13.1. The van der Waals surface area contributed by atoms with Crippen LogP contribution in [0.25, 0.3) is 21.8 Å². The number of fused-ring (bicyclic) bond motifs is 2. The number of pyridine rings is 1. The van der Waals surface area contributed by atoms with Gasteiger partial charge in [0.05, 0.1) is 30.3 Å². The number of hydrogen-bond donors (Lipinski definition) is 3. The number of primary amides is 1. The number of ether oxygens (including phenoxy) is 2. The highest BCUT2D eigenvalue weighted by molar-refractivity contribution is 6.02. The van der Waals surface area contributed by atoms with E-state index in [2.05, 4.69) is 15.7 Å². The molecule has 11 nitrogen and oxygen atoms in total. The predicted octanol–water partition coefficient (Wildman–Crippen LogP) is 3.51. The number of methoxy groups -OCH3 is 1. The summed E-state index contributed by atoms with van der Waals surface area (Å²) in [7, 11) is 1.36. The molecule has 4 amide bonds. The molecule has 4 aromatic rings. The molecule has 0 bridgehead atoms. The first-order valence-electron chi connectivity index (χ1n) is 11.4. The lowest BCUT2D eigenvalue weighted by Crippen LogP contribution is -2.49. The van der Waals surface area contributed by atoms with Gasteiger partial charge in [0.15, 0.2) is 0 Å². The average Bonchev–Trinajstić information content (AvgIpc) is 3.33. The summed E-state index contributed by atoms with van der Waals surface area (Å²) in [6, 6.07) is 9.89. The van der Waals surface area contributed by atoms with Crippen molar-refractivity contribution in [2.24, 2.45) is 5.73 Å². The lowest BCUT2D eigenvalue weighted by molar-refractivity contribution is 0.0669. The van der Waals surface area contributed by atoms with Crippen LogP contribution in [0, 0.1) is 0 Å². The first kappa shape index (κ1) is 26.1. The summed E-state index contributed by atoms with van der Waals surface area (Å²) in [4.78, 5) is 41.0. The van der Waals surface area contributed by atoms with E-state index in [-0.39, 0.29) is 17.9 Å². The van der Waals surface area contributed by atoms with Gasteiger partial charge in [0.25, 0.3) is 5.91 Å². The Morgan fingerprint density at radius 2 is 1.89 bits per heavy atom. The van der Waals surface area contributed by atoms with Crippen molar-refractivity contribution in [3.63, 3.8) is 0 Å². The lowest BCUT2D eigenvalue weighted by atomic mass is 10.1. The van der Waals surface area contributed by atoms with Crippen LogP contribution in [-0.4, -0.2) is 66.1 Å². The highest BCUT2D eigenvalue weighted by Crippen LogP contribution is 2.34. The minimum absolute atomic E-state index is 0.0203. The largest absolute Gasteiger partial charge is 0.496 e. The molecule has 0 saturated heterocycles. The molecule has 2 aromatic heterocycles.